The van der Waals surface area contributed by atoms with Gasteiger partial charge in [0, 0.05) is 6.42 Å². The predicted octanol–water partition coefficient (Wildman–Crippen LogP) is 8.60. The zero-order chi connectivity index (χ0) is 23.0. The van der Waals surface area contributed by atoms with Gasteiger partial charge in [0.15, 0.2) is 6.10 Å². The molecule has 0 saturated heterocycles. The van der Waals surface area contributed by atoms with Crippen LogP contribution in [0.2, 0.25) is 0 Å². The zero-order valence-electron chi connectivity index (χ0n) is 20.8. The Kier molecular flexibility index (Phi) is 22.8. The molecule has 1 N–H and O–H groups in total. The lowest BCUT2D eigenvalue weighted by atomic mass is 10.0. The van der Waals surface area contributed by atoms with Gasteiger partial charge in [-0.25, -0.2) is 4.79 Å². The molecule has 0 amide bonds. The van der Waals surface area contributed by atoms with Crippen LogP contribution in [0, 0.1) is 0 Å². The smallest absolute Gasteiger partial charge is 0.345 e. The first kappa shape index (κ1) is 29.9. The molecule has 184 valence electrons. The van der Waals surface area contributed by atoms with Gasteiger partial charge in [0.25, 0.3) is 0 Å². The van der Waals surface area contributed by atoms with Crippen molar-refractivity contribution in [2.75, 3.05) is 0 Å². The lowest BCUT2D eigenvalue weighted by Crippen LogP contribution is -2.26. The van der Waals surface area contributed by atoms with Crippen molar-refractivity contribution in [1.82, 2.24) is 0 Å². The summed E-state index contributed by atoms with van der Waals surface area (Å²) in [7, 11) is 0. The summed E-state index contributed by atoms with van der Waals surface area (Å²) >= 11 is 0. The molecule has 0 aromatic rings. The fourth-order valence-corrected chi connectivity index (χ4v) is 4.06. The summed E-state index contributed by atoms with van der Waals surface area (Å²) in [6.07, 6.45) is 26.2. The fraction of sp³-hybridized carbons (Fsp3) is 0.926. The maximum Gasteiger partial charge on any atom is 0.345 e. The normalized spacial score (nSPS) is 12.1. The molecule has 0 aliphatic carbocycles. The summed E-state index contributed by atoms with van der Waals surface area (Å²) in [5.74, 6) is -1.46. The van der Waals surface area contributed by atoms with Crippen molar-refractivity contribution in [2.45, 2.75) is 161 Å². The van der Waals surface area contributed by atoms with E-state index in [1.165, 1.54) is 109 Å². The van der Waals surface area contributed by atoms with E-state index in [0.29, 0.717) is 6.42 Å². The van der Waals surface area contributed by atoms with Crippen LogP contribution in [0.1, 0.15) is 155 Å². The minimum atomic E-state index is -1.03. The van der Waals surface area contributed by atoms with Crippen molar-refractivity contribution in [3.63, 3.8) is 0 Å². The first-order valence-corrected chi connectivity index (χ1v) is 13.5. The Morgan fingerprint density at radius 3 is 1.19 bits per heavy atom. The van der Waals surface area contributed by atoms with Crippen LogP contribution in [0.15, 0.2) is 0 Å². The summed E-state index contributed by atoms with van der Waals surface area (Å²) in [6, 6.07) is 0. The number of carbonyl (C=O) groups is 2. The average Bonchev–Trinajstić information content (AvgIpc) is 2.76. The minimum Gasteiger partial charge on any atom is -0.479 e. The van der Waals surface area contributed by atoms with Gasteiger partial charge in [-0.15, -0.1) is 0 Å². The summed E-state index contributed by atoms with van der Waals surface area (Å²) in [4.78, 5) is 22.4. The highest BCUT2D eigenvalue weighted by atomic mass is 16.6. The van der Waals surface area contributed by atoms with Crippen LogP contribution in [0.25, 0.3) is 0 Å². The average molecular weight is 441 g/mol. The van der Waals surface area contributed by atoms with Crippen molar-refractivity contribution >= 4 is 11.9 Å². The molecule has 0 spiro atoms. The quantitative estimate of drug-likeness (QED) is 0.120. The Labute approximate surface area is 192 Å². The highest BCUT2D eigenvalue weighted by Crippen LogP contribution is 2.15. The second-order valence-electron chi connectivity index (χ2n) is 9.18. The number of rotatable bonds is 24. The van der Waals surface area contributed by atoms with Gasteiger partial charge in [0.1, 0.15) is 0 Å². The number of unbranched alkanes of at least 4 members (excludes halogenated alkanes) is 19. The highest BCUT2D eigenvalue weighted by molar-refractivity contribution is 5.77. The summed E-state index contributed by atoms with van der Waals surface area (Å²) in [5.41, 5.74) is 0. The molecule has 4 heteroatoms. The molecular formula is C27H52O4. The third-order valence-electron chi connectivity index (χ3n) is 6.16. The van der Waals surface area contributed by atoms with E-state index in [1.807, 2.05) is 0 Å². The van der Waals surface area contributed by atoms with Crippen LogP contribution < -0.4 is 0 Å². The van der Waals surface area contributed by atoms with Gasteiger partial charge in [0.2, 0.25) is 0 Å². The van der Waals surface area contributed by atoms with Crippen molar-refractivity contribution in [2.24, 2.45) is 0 Å². The Morgan fingerprint density at radius 2 is 0.903 bits per heavy atom. The van der Waals surface area contributed by atoms with Gasteiger partial charge in [-0.05, 0) is 12.8 Å². The first-order valence-electron chi connectivity index (χ1n) is 13.5. The molecule has 4 nitrogen and oxygen atoms in total. The Morgan fingerprint density at radius 1 is 0.581 bits per heavy atom. The number of hydrogen-bond donors (Lipinski definition) is 1. The van der Waals surface area contributed by atoms with Gasteiger partial charge in [0.05, 0.1) is 0 Å². The van der Waals surface area contributed by atoms with Gasteiger partial charge in [-0.1, -0.05) is 136 Å². The molecule has 0 aliphatic heterocycles. The van der Waals surface area contributed by atoms with E-state index in [-0.39, 0.29) is 6.42 Å². The van der Waals surface area contributed by atoms with E-state index in [2.05, 4.69) is 6.92 Å². The minimum absolute atomic E-state index is 0.225. The molecule has 1 atom stereocenters. The largest absolute Gasteiger partial charge is 0.479 e. The van der Waals surface area contributed by atoms with Crippen LogP contribution in [0.3, 0.4) is 0 Å². The fourth-order valence-electron chi connectivity index (χ4n) is 4.06. The van der Waals surface area contributed by atoms with Crippen LogP contribution in [0.4, 0.5) is 0 Å². The lowest BCUT2D eigenvalue weighted by Gasteiger charge is -2.12. The van der Waals surface area contributed by atoms with Crippen molar-refractivity contribution in [1.29, 1.82) is 0 Å². The molecule has 1 unspecified atom stereocenters. The molecule has 0 rings (SSSR count). The van der Waals surface area contributed by atoms with Crippen LogP contribution >= 0.6 is 0 Å². The Hall–Kier alpha value is -1.06. The van der Waals surface area contributed by atoms with E-state index >= 15 is 0 Å². The van der Waals surface area contributed by atoms with Crippen LogP contribution in [-0.4, -0.2) is 23.1 Å². The second-order valence-corrected chi connectivity index (χ2v) is 9.18. The SMILES string of the molecule is CCCCCCCCCCCCCCCCCCCCCCC(OC(=O)CC)C(=O)O. The molecule has 0 fully saturated rings. The number of carboxylic acid groups (broad SMARTS) is 1. The van der Waals surface area contributed by atoms with E-state index < -0.39 is 18.0 Å². The molecule has 0 heterocycles. The summed E-state index contributed by atoms with van der Waals surface area (Å²) in [5, 5.41) is 9.10. The second kappa shape index (κ2) is 23.6. The van der Waals surface area contributed by atoms with Crippen molar-refractivity contribution < 1.29 is 19.4 Å². The van der Waals surface area contributed by atoms with E-state index in [4.69, 9.17) is 9.84 Å². The Balaban J connectivity index is 3.26. The summed E-state index contributed by atoms with van der Waals surface area (Å²) < 4.78 is 4.96. The summed E-state index contributed by atoms with van der Waals surface area (Å²) in [6.45, 7) is 3.96. The van der Waals surface area contributed by atoms with E-state index in [9.17, 15) is 9.59 Å². The third-order valence-corrected chi connectivity index (χ3v) is 6.16. The van der Waals surface area contributed by atoms with Gasteiger partial charge >= 0.3 is 11.9 Å². The lowest BCUT2D eigenvalue weighted by molar-refractivity contribution is -0.164. The monoisotopic (exact) mass is 440 g/mol. The maximum absolute atomic E-state index is 11.3. The van der Waals surface area contributed by atoms with Crippen LogP contribution in [0.5, 0.6) is 0 Å². The number of carboxylic acids is 1. The number of ether oxygens (including phenoxy) is 1. The number of aliphatic carboxylic acids is 1. The van der Waals surface area contributed by atoms with Gasteiger partial charge < -0.3 is 9.84 Å². The van der Waals surface area contributed by atoms with Crippen LogP contribution in [-0.2, 0) is 14.3 Å². The van der Waals surface area contributed by atoms with E-state index in [0.717, 1.165) is 19.3 Å². The van der Waals surface area contributed by atoms with Gasteiger partial charge in [-0.3, -0.25) is 4.79 Å². The predicted molar refractivity (Wildman–Crippen MR) is 130 cm³/mol. The first-order chi connectivity index (χ1) is 15.1. The molecule has 0 saturated carbocycles. The molecule has 0 radical (unpaired) electrons. The van der Waals surface area contributed by atoms with Crippen molar-refractivity contribution in [3.05, 3.63) is 0 Å². The molecule has 0 aliphatic rings. The Bertz CT molecular complexity index is 408. The maximum atomic E-state index is 11.3. The van der Waals surface area contributed by atoms with E-state index in [1.54, 1.807) is 6.92 Å². The molecular weight excluding hydrogens is 388 g/mol. The molecule has 31 heavy (non-hydrogen) atoms. The topological polar surface area (TPSA) is 63.6 Å². The van der Waals surface area contributed by atoms with Crippen molar-refractivity contribution in [3.8, 4) is 0 Å². The molecule has 0 bridgehead atoms. The standard InChI is InChI=1S/C27H52O4/c1-3-5-6-7-8-9-10-11-12-13-14-15-16-17-18-19-20-21-22-23-24-25(27(29)30)31-26(28)4-2/h25H,3-24H2,1-2H3,(H,29,30). The number of esters is 1. The molecule has 0 aromatic heterocycles. The van der Waals surface area contributed by atoms with Gasteiger partial charge in [-0.2, -0.15) is 0 Å². The number of carbonyl (C=O) groups excluding carboxylic acids is 1. The zero-order valence-corrected chi connectivity index (χ0v) is 20.8. The number of hydrogen-bond acceptors (Lipinski definition) is 3. The third kappa shape index (κ3) is 21.9. The highest BCUT2D eigenvalue weighted by Gasteiger charge is 2.20. The molecule has 0 aromatic carbocycles.